The topological polar surface area (TPSA) is 74.6 Å². The standard InChI is InChI=1S/C14H24O2.C4H6O2/c1-10(13(15)16)12(14(2,3)4)11-8-6-5-7-9-11;1-3(2)4(5)6/h11H,5-9H2,1-4H3,(H,15,16);1H2,2H3,(H,5,6). The molecule has 0 heterocycles. The van der Waals surface area contributed by atoms with Crippen LogP contribution in [0.4, 0.5) is 0 Å². The summed E-state index contributed by atoms with van der Waals surface area (Å²) in [5.41, 5.74) is 1.89. The summed E-state index contributed by atoms with van der Waals surface area (Å²) in [6, 6.07) is 0. The van der Waals surface area contributed by atoms with Crippen LogP contribution < -0.4 is 0 Å². The van der Waals surface area contributed by atoms with Gasteiger partial charge in [-0.15, -0.1) is 0 Å². The van der Waals surface area contributed by atoms with Crippen molar-refractivity contribution in [1.82, 2.24) is 0 Å². The van der Waals surface area contributed by atoms with Crippen LogP contribution in [0.15, 0.2) is 23.3 Å². The van der Waals surface area contributed by atoms with Gasteiger partial charge in [0.2, 0.25) is 0 Å². The molecule has 0 aromatic heterocycles. The summed E-state index contributed by atoms with van der Waals surface area (Å²) in [5.74, 6) is -1.20. The first kappa shape index (κ1) is 20.4. The first-order chi connectivity index (χ1) is 9.98. The summed E-state index contributed by atoms with van der Waals surface area (Å²) in [5, 5.41) is 17.1. The van der Waals surface area contributed by atoms with E-state index in [1.165, 1.54) is 31.8 Å². The zero-order valence-electron chi connectivity index (χ0n) is 14.5. The summed E-state index contributed by atoms with van der Waals surface area (Å²) in [4.78, 5) is 20.8. The zero-order chi connectivity index (χ0) is 17.5. The SMILES string of the molecule is C=C(C)C(=O)O.CC(C(=O)O)=C(C1CCCCC1)C(C)(C)C. The van der Waals surface area contributed by atoms with E-state index in [9.17, 15) is 14.7 Å². The molecule has 0 saturated heterocycles. The second-order valence-electron chi connectivity index (χ2n) is 7.01. The van der Waals surface area contributed by atoms with Crippen molar-refractivity contribution in [2.75, 3.05) is 0 Å². The largest absolute Gasteiger partial charge is 0.478 e. The van der Waals surface area contributed by atoms with E-state index >= 15 is 0 Å². The van der Waals surface area contributed by atoms with Gasteiger partial charge in [-0.2, -0.15) is 0 Å². The lowest BCUT2D eigenvalue weighted by Gasteiger charge is -2.34. The van der Waals surface area contributed by atoms with Gasteiger partial charge >= 0.3 is 11.9 Å². The number of carbonyl (C=O) groups is 2. The molecular formula is C18H30O4. The Hall–Kier alpha value is -1.58. The van der Waals surface area contributed by atoms with Crippen molar-refractivity contribution < 1.29 is 19.8 Å². The summed E-state index contributed by atoms with van der Waals surface area (Å²) in [6.45, 7) is 12.7. The van der Waals surface area contributed by atoms with Crippen LogP contribution in [-0.2, 0) is 9.59 Å². The van der Waals surface area contributed by atoms with Crippen LogP contribution in [0.1, 0.15) is 66.7 Å². The average Bonchev–Trinajstić information content (AvgIpc) is 2.38. The second kappa shape index (κ2) is 8.76. The number of rotatable bonds is 3. The van der Waals surface area contributed by atoms with Gasteiger partial charge in [0, 0.05) is 11.1 Å². The Morgan fingerprint density at radius 1 is 0.955 bits per heavy atom. The Balaban J connectivity index is 0.000000626. The quantitative estimate of drug-likeness (QED) is 0.743. The fourth-order valence-electron chi connectivity index (χ4n) is 2.99. The Bertz CT molecular complexity index is 434. The smallest absolute Gasteiger partial charge is 0.331 e. The number of hydrogen-bond donors (Lipinski definition) is 2. The highest BCUT2D eigenvalue weighted by molar-refractivity contribution is 5.87. The number of hydrogen-bond acceptors (Lipinski definition) is 2. The molecule has 0 atom stereocenters. The lowest BCUT2D eigenvalue weighted by Crippen LogP contribution is -2.23. The third kappa shape index (κ3) is 6.92. The third-order valence-electron chi connectivity index (χ3n) is 3.91. The highest BCUT2D eigenvalue weighted by atomic mass is 16.4. The minimum Gasteiger partial charge on any atom is -0.478 e. The first-order valence-electron chi connectivity index (χ1n) is 7.81. The maximum atomic E-state index is 11.2. The van der Waals surface area contributed by atoms with E-state index in [4.69, 9.17) is 5.11 Å². The predicted molar refractivity (Wildman–Crippen MR) is 88.8 cm³/mol. The molecular weight excluding hydrogens is 280 g/mol. The molecule has 0 aromatic carbocycles. The van der Waals surface area contributed by atoms with E-state index in [-0.39, 0.29) is 11.0 Å². The van der Waals surface area contributed by atoms with E-state index < -0.39 is 11.9 Å². The molecule has 0 aromatic rings. The number of carboxylic acids is 2. The summed E-state index contributed by atoms with van der Waals surface area (Å²) in [7, 11) is 0. The number of allylic oxidation sites excluding steroid dienone is 1. The van der Waals surface area contributed by atoms with Gasteiger partial charge in [-0.1, -0.05) is 52.2 Å². The maximum Gasteiger partial charge on any atom is 0.331 e. The molecule has 0 unspecified atom stereocenters. The van der Waals surface area contributed by atoms with Crippen LogP contribution in [0.3, 0.4) is 0 Å². The molecule has 4 heteroatoms. The molecule has 0 aliphatic heterocycles. The molecule has 4 nitrogen and oxygen atoms in total. The van der Waals surface area contributed by atoms with Crippen LogP contribution in [0.5, 0.6) is 0 Å². The normalized spacial score (nSPS) is 17.0. The van der Waals surface area contributed by atoms with Crippen molar-refractivity contribution in [2.45, 2.75) is 66.7 Å². The van der Waals surface area contributed by atoms with Crippen LogP contribution in [0, 0.1) is 11.3 Å². The van der Waals surface area contributed by atoms with Crippen molar-refractivity contribution in [2.24, 2.45) is 11.3 Å². The van der Waals surface area contributed by atoms with Crippen molar-refractivity contribution in [1.29, 1.82) is 0 Å². The highest BCUT2D eigenvalue weighted by Gasteiger charge is 2.30. The zero-order valence-corrected chi connectivity index (χ0v) is 14.5. The Morgan fingerprint density at radius 2 is 1.36 bits per heavy atom. The van der Waals surface area contributed by atoms with Crippen LogP contribution >= 0.6 is 0 Å². The fourth-order valence-corrected chi connectivity index (χ4v) is 2.99. The minimum absolute atomic E-state index is 0.0233. The first-order valence-corrected chi connectivity index (χ1v) is 7.81. The molecule has 2 N–H and O–H groups in total. The summed E-state index contributed by atoms with van der Waals surface area (Å²) >= 11 is 0. The van der Waals surface area contributed by atoms with Crippen molar-refractivity contribution in [3.05, 3.63) is 23.3 Å². The Labute approximate surface area is 133 Å². The van der Waals surface area contributed by atoms with Gasteiger partial charge in [0.1, 0.15) is 0 Å². The lowest BCUT2D eigenvalue weighted by molar-refractivity contribution is -0.133. The van der Waals surface area contributed by atoms with Gasteiger partial charge in [-0.25, -0.2) is 9.59 Å². The van der Waals surface area contributed by atoms with Crippen molar-refractivity contribution in [3.63, 3.8) is 0 Å². The summed E-state index contributed by atoms with van der Waals surface area (Å²) in [6.07, 6.45) is 6.13. The molecule has 1 aliphatic carbocycles. The lowest BCUT2D eigenvalue weighted by atomic mass is 9.71. The molecule has 0 bridgehead atoms. The van der Waals surface area contributed by atoms with E-state index in [1.807, 2.05) is 0 Å². The van der Waals surface area contributed by atoms with Crippen LogP contribution in [0.2, 0.25) is 0 Å². The monoisotopic (exact) mass is 310 g/mol. The van der Waals surface area contributed by atoms with Gasteiger partial charge < -0.3 is 10.2 Å². The molecule has 126 valence electrons. The van der Waals surface area contributed by atoms with Gasteiger partial charge in [0.25, 0.3) is 0 Å². The molecule has 0 spiro atoms. The number of aliphatic carboxylic acids is 2. The van der Waals surface area contributed by atoms with E-state index in [0.717, 1.165) is 12.8 Å². The van der Waals surface area contributed by atoms with E-state index in [2.05, 4.69) is 27.4 Å². The minimum atomic E-state index is -0.935. The summed E-state index contributed by atoms with van der Waals surface area (Å²) < 4.78 is 0. The molecule has 0 amide bonds. The maximum absolute atomic E-state index is 11.2. The van der Waals surface area contributed by atoms with Gasteiger partial charge in [-0.05, 0) is 38.0 Å². The van der Waals surface area contributed by atoms with Gasteiger partial charge in [0.15, 0.2) is 0 Å². The van der Waals surface area contributed by atoms with E-state index in [1.54, 1.807) is 6.92 Å². The third-order valence-corrected chi connectivity index (χ3v) is 3.91. The molecule has 1 fully saturated rings. The molecule has 1 rings (SSSR count). The van der Waals surface area contributed by atoms with Crippen LogP contribution in [0.25, 0.3) is 0 Å². The Morgan fingerprint density at radius 3 is 1.64 bits per heavy atom. The Kier molecular flexibility index (Phi) is 8.13. The van der Waals surface area contributed by atoms with E-state index in [0.29, 0.717) is 11.5 Å². The molecule has 1 saturated carbocycles. The predicted octanol–water partition coefficient (Wildman–Crippen LogP) is 4.66. The van der Waals surface area contributed by atoms with Gasteiger partial charge in [-0.3, -0.25) is 0 Å². The fraction of sp³-hybridized carbons (Fsp3) is 0.667. The second-order valence-corrected chi connectivity index (χ2v) is 7.01. The van der Waals surface area contributed by atoms with Crippen molar-refractivity contribution in [3.8, 4) is 0 Å². The number of carboxylic acid groups (broad SMARTS) is 2. The van der Waals surface area contributed by atoms with Gasteiger partial charge in [0.05, 0.1) is 0 Å². The highest BCUT2D eigenvalue weighted by Crippen LogP contribution is 2.41. The molecule has 22 heavy (non-hydrogen) atoms. The van der Waals surface area contributed by atoms with Crippen LogP contribution in [-0.4, -0.2) is 22.2 Å². The van der Waals surface area contributed by atoms with Crippen molar-refractivity contribution >= 4 is 11.9 Å². The molecule has 1 aliphatic rings. The molecule has 0 radical (unpaired) electrons. The average molecular weight is 310 g/mol.